The molecule has 13 heavy (non-hydrogen) atoms. The molecule has 0 rings (SSSR count). The lowest BCUT2D eigenvalue weighted by Crippen LogP contribution is -2.19. The molecule has 0 saturated carbocycles. The first-order valence-corrected chi connectivity index (χ1v) is 3.91. The fourth-order valence-electron chi connectivity index (χ4n) is 0.915. The van der Waals surface area contributed by atoms with Crippen LogP contribution in [0.5, 0.6) is 0 Å². The number of rotatable bonds is 5. The molecule has 0 spiro atoms. The summed E-state index contributed by atoms with van der Waals surface area (Å²) in [5, 5.41) is 0. The van der Waals surface area contributed by atoms with Crippen molar-refractivity contribution in [2.75, 3.05) is 14.2 Å². The van der Waals surface area contributed by atoms with Gasteiger partial charge in [0.15, 0.2) is 0 Å². The maximum Gasteiger partial charge on any atom is 0.309 e. The van der Waals surface area contributed by atoms with Gasteiger partial charge in [-0.1, -0.05) is 6.08 Å². The van der Waals surface area contributed by atoms with Crippen molar-refractivity contribution < 1.29 is 19.1 Å². The van der Waals surface area contributed by atoms with E-state index in [1.54, 1.807) is 6.08 Å². The minimum atomic E-state index is -0.477. The molecule has 0 N–H and O–H groups in total. The molecule has 0 heterocycles. The molecule has 1 unspecified atom stereocenters. The topological polar surface area (TPSA) is 52.6 Å². The minimum absolute atomic E-state index is 0.0369. The van der Waals surface area contributed by atoms with Crippen molar-refractivity contribution in [2.24, 2.45) is 5.92 Å². The summed E-state index contributed by atoms with van der Waals surface area (Å²) in [6, 6.07) is 0. The monoisotopic (exact) mass is 186 g/mol. The second-order valence-corrected chi connectivity index (χ2v) is 2.52. The van der Waals surface area contributed by atoms with Crippen LogP contribution in [0.25, 0.3) is 0 Å². The number of hydrogen-bond acceptors (Lipinski definition) is 4. The van der Waals surface area contributed by atoms with Gasteiger partial charge in [0, 0.05) is 0 Å². The summed E-state index contributed by atoms with van der Waals surface area (Å²) in [7, 11) is 2.57. The van der Waals surface area contributed by atoms with E-state index in [9.17, 15) is 9.59 Å². The summed E-state index contributed by atoms with van der Waals surface area (Å²) in [6.45, 7) is 3.49. The van der Waals surface area contributed by atoms with E-state index in [-0.39, 0.29) is 6.42 Å². The van der Waals surface area contributed by atoms with Gasteiger partial charge in [0.2, 0.25) is 0 Å². The van der Waals surface area contributed by atoms with Crippen LogP contribution < -0.4 is 0 Å². The molecule has 0 aliphatic heterocycles. The van der Waals surface area contributed by atoms with Gasteiger partial charge in [-0.05, 0) is 6.42 Å². The van der Waals surface area contributed by atoms with E-state index in [1.807, 2.05) is 0 Å². The Hall–Kier alpha value is -1.32. The SMILES string of the molecule is C=CCC(CC(=O)OC)C(=O)OC. The first-order valence-electron chi connectivity index (χ1n) is 3.91. The summed E-state index contributed by atoms with van der Waals surface area (Å²) < 4.78 is 8.96. The van der Waals surface area contributed by atoms with Crippen LogP contribution in [0.15, 0.2) is 12.7 Å². The second-order valence-electron chi connectivity index (χ2n) is 2.52. The van der Waals surface area contributed by atoms with Crippen molar-refractivity contribution in [3.63, 3.8) is 0 Å². The quantitative estimate of drug-likeness (QED) is 0.473. The molecule has 0 aliphatic rings. The normalized spacial score (nSPS) is 11.5. The minimum Gasteiger partial charge on any atom is -0.469 e. The molecular formula is C9H14O4. The van der Waals surface area contributed by atoms with Crippen LogP contribution in [0.2, 0.25) is 0 Å². The van der Waals surface area contributed by atoms with Gasteiger partial charge in [-0.25, -0.2) is 0 Å². The lowest BCUT2D eigenvalue weighted by Gasteiger charge is -2.10. The fourth-order valence-corrected chi connectivity index (χ4v) is 0.915. The molecule has 4 heteroatoms. The van der Waals surface area contributed by atoms with E-state index >= 15 is 0 Å². The molecule has 0 aromatic carbocycles. The highest BCUT2D eigenvalue weighted by Gasteiger charge is 2.21. The molecule has 1 atom stereocenters. The number of allylic oxidation sites excluding steroid dienone is 1. The summed E-state index contributed by atoms with van der Waals surface area (Å²) in [4.78, 5) is 21.9. The molecule has 0 aromatic rings. The van der Waals surface area contributed by atoms with Gasteiger partial charge in [0.1, 0.15) is 0 Å². The Morgan fingerprint density at radius 2 is 2.00 bits per heavy atom. The zero-order valence-electron chi connectivity index (χ0n) is 7.91. The Kier molecular flexibility index (Phi) is 5.59. The third-order valence-corrected chi connectivity index (χ3v) is 1.63. The van der Waals surface area contributed by atoms with E-state index < -0.39 is 17.9 Å². The molecule has 0 bridgehead atoms. The lowest BCUT2D eigenvalue weighted by atomic mass is 10.0. The van der Waals surface area contributed by atoms with Crippen LogP contribution in [-0.4, -0.2) is 26.2 Å². The van der Waals surface area contributed by atoms with Gasteiger partial charge in [-0.2, -0.15) is 0 Å². The summed E-state index contributed by atoms with van der Waals surface area (Å²) in [5.41, 5.74) is 0. The third kappa shape index (κ3) is 4.30. The highest BCUT2D eigenvalue weighted by atomic mass is 16.5. The van der Waals surface area contributed by atoms with Crippen LogP contribution in [0.3, 0.4) is 0 Å². The highest BCUT2D eigenvalue weighted by molar-refractivity contribution is 5.79. The maximum absolute atomic E-state index is 11.1. The molecule has 0 fully saturated rings. The number of carbonyl (C=O) groups is 2. The van der Waals surface area contributed by atoms with Crippen LogP contribution in [-0.2, 0) is 19.1 Å². The molecule has 4 nitrogen and oxygen atoms in total. The second kappa shape index (κ2) is 6.22. The molecule has 0 aromatic heterocycles. The number of ether oxygens (including phenoxy) is 2. The van der Waals surface area contributed by atoms with Gasteiger partial charge in [-0.3, -0.25) is 9.59 Å². The Labute approximate surface area is 77.5 Å². The van der Waals surface area contributed by atoms with Crippen molar-refractivity contribution in [2.45, 2.75) is 12.8 Å². The van der Waals surface area contributed by atoms with Crippen LogP contribution >= 0.6 is 0 Å². The molecule has 74 valence electrons. The smallest absolute Gasteiger partial charge is 0.309 e. The number of esters is 2. The molecule has 0 saturated heterocycles. The Morgan fingerprint density at radius 3 is 2.38 bits per heavy atom. The number of methoxy groups -OCH3 is 2. The highest BCUT2D eigenvalue weighted by Crippen LogP contribution is 2.11. The first-order chi connectivity index (χ1) is 6.15. The summed E-state index contributed by atoms with van der Waals surface area (Å²) in [5.74, 6) is -1.31. The van der Waals surface area contributed by atoms with Gasteiger partial charge < -0.3 is 9.47 Å². The lowest BCUT2D eigenvalue weighted by molar-refractivity contribution is -0.151. The Bertz CT molecular complexity index is 198. The van der Waals surface area contributed by atoms with Gasteiger partial charge in [0.25, 0.3) is 0 Å². The predicted octanol–water partition coefficient (Wildman–Crippen LogP) is 0.915. The summed E-state index contributed by atoms with van der Waals surface area (Å²) >= 11 is 0. The van der Waals surface area contributed by atoms with Crippen LogP contribution in [0, 0.1) is 5.92 Å². The number of carbonyl (C=O) groups excluding carboxylic acids is 2. The van der Waals surface area contributed by atoms with E-state index in [1.165, 1.54) is 14.2 Å². The maximum atomic E-state index is 11.1. The average Bonchev–Trinajstić information content (AvgIpc) is 2.15. The van der Waals surface area contributed by atoms with Gasteiger partial charge in [0.05, 0.1) is 26.6 Å². The van der Waals surface area contributed by atoms with Crippen molar-refractivity contribution in [1.29, 1.82) is 0 Å². The Morgan fingerprint density at radius 1 is 1.38 bits per heavy atom. The van der Waals surface area contributed by atoms with Gasteiger partial charge >= 0.3 is 11.9 Å². The first kappa shape index (κ1) is 11.7. The average molecular weight is 186 g/mol. The van der Waals surface area contributed by atoms with Crippen LogP contribution in [0.1, 0.15) is 12.8 Å². The van der Waals surface area contributed by atoms with Gasteiger partial charge in [-0.15, -0.1) is 6.58 Å². The molecule has 0 aliphatic carbocycles. The zero-order valence-corrected chi connectivity index (χ0v) is 7.91. The van der Waals surface area contributed by atoms with Crippen LogP contribution in [0.4, 0.5) is 0 Å². The molecule has 0 amide bonds. The number of hydrogen-bond donors (Lipinski definition) is 0. The molecule has 0 radical (unpaired) electrons. The standard InChI is InChI=1S/C9H14O4/c1-4-5-7(9(11)13-3)6-8(10)12-2/h4,7H,1,5-6H2,2-3H3. The van der Waals surface area contributed by atoms with E-state index in [4.69, 9.17) is 0 Å². The third-order valence-electron chi connectivity index (χ3n) is 1.63. The van der Waals surface area contributed by atoms with E-state index in [0.29, 0.717) is 6.42 Å². The Balaban J connectivity index is 4.16. The molecular weight excluding hydrogens is 172 g/mol. The largest absolute Gasteiger partial charge is 0.469 e. The van der Waals surface area contributed by atoms with Crippen molar-refractivity contribution in [3.8, 4) is 0 Å². The van der Waals surface area contributed by atoms with Crippen molar-refractivity contribution in [1.82, 2.24) is 0 Å². The van der Waals surface area contributed by atoms with E-state index in [0.717, 1.165) is 0 Å². The van der Waals surface area contributed by atoms with Crippen molar-refractivity contribution >= 4 is 11.9 Å². The fraction of sp³-hybridized carbons (Fsp3) is 0.556. The van der Waals surface area contributed by atoms with Crippen molar-refractivity contribution in [3.05, 3.63) is 12.7 Å². The summed E-state index contributed by atoms with van der Waals surface area (Å²) in [6.07, 6.45) is 2.03. The zero-order chi connectivity index (χ0) is 10.3. The predicted molar refractivity (Wildman–Crippen MR) is 47.0 cm³/mol. The van der Waals surface area contributed by atoms with E-state index in [2.05, 4.69) is 16.1 Å².